The van der Waals surface area contributed by atoms with Gasteiger partial charge >= 0.3 is 5.97 Å². The minimum atomic E-state index is -1.01. The number of carboxylic acids is 1. The van der Waals surface area contributed by atoms with Crippen molar-refractivity contribution in [3.63, 3.8) is 0 Å². The van der Waals surface area contributed by atoms with E-state index >= 15 is 0 Å². The highest BCUT2D eigenvalue weighted by atomic mass is 32.2. The molecule has 0 amide bonds. The molecule has 0 heterocycles. The lowest BCUT2D eigenvalue weighted by molar-refractivity contribution is -0.138. The molecule has 2 rings (SSSR count). The molecule has 0 aliphatic rings. The predicted octanol–water partition coefficient (Wildman–Crippen LogP) is 3.79. The zero-order valence-electron chi connectivity index (χ0n) is 10.8. The lowest BCUT2D eigenvalue weighted by atomic mass is 10.1. The van der Waals surface area contributed by atoms with Crippen LogP contribution >= 0.6 is 11.8 Å². The van der Waals surface area contributed by atoms with Gasteiger partial charge in [-0.15, -0.1) is 11.8 Å². The molecule has 1 unspecified atom stereocenters. The van der Waals surface area contributed by atoms with Gasteiger partial charge in [-0.1, -0.05) is 18.2 Å². The summed E-state index contributed by atoms with van der Waals surface area (Å²) in [5.41, 5.74) is 1.06. The highest BCUT2D eigenvalue weighted by Crippen LogP contribution is 2.23. The SMILES string of the molecule is CSc1ccc(C(Nc2cccc(F)c2)C(=O)O)cc1. The number of hydrogen-bond acceptors (Lipinski definition) is 3. The van der Waals surface area contributed by atoms with E-state index in [2.05, 4.69) is 5.32 Å². The van der Waals surface area contributed by atoms with Crippen molar-refractivity contribution in [2.45, 2.75) is 10.9 Å². The smallest absolute Gasteiger partial charge is 0.330 e. The van der Waals surface area contributed by atoms with Crippen molar-refractivity contribution >= 4 is 23.4 Å². The van der Waals surface area contributed by atoms with E-state index in [-0.39, 0.29) is 0 Å². The van der Waals surface area contributed by atoms with Gasteiger partial charge in [0.15, 0.2) is 6.04 Å². The molecule has 0 radical (unpaired) electrons. The molecule has 0 saturated carbocycles. The number of hydrogen-bond donors (Lipinski definition) is 2. The van der Waals surface area contributed by atoms with Crippen molar-refractivity contribution in [3.8, 4) is 0 Å². The number of aliphatic carboxylic acids is 1. The van der Waals surface area contributed by atoms with E-state index in [1.54, 1.807) is 30.0 Å². The molecule has 0 fully saturated rings. The van der Waals surface area contributed by atoms with Gasteiger partial charge in [0.25, 0.3) is 0 Å². The van der Waals surface area contributed by atoms with Crippen molar-refractivity contribution in [1.29, 1.82) is 0 Å². The van der Waals surface area contributed by atoms with E-state index in [0.29, 0.717) is 11.3 Å². The first-order chi connectivity index (χ1) is 9.60. The number of carbonyl (C=O) groups is 1. The molecule has 2 aromatic carbocycles. The second-order valence-electron chi connectivity index (χ2n) is 4.20. The van der Waals surface area contributed by atoms with Gasteiger partial charge in [-0.05, 0) is 42.2 Å². The van der Waals surface area contributed by atoms with E-state index in [9.17, 15) is 14.3 Å². The van der Waals surface area contributed by atoms with Gasteiger partial charge in [0.05, 0.1) is 0 Å². The Morgan fingerprint density at radius 1 is 1.25 bits per heavy atom. The summed E-state index contributed by atoms with van der Waals surface area (Å²) in [5.74, 6) is -1.41. The molecular weight excluding hydrogens is 277 g/mol. The molecule has 5 heteroatoms. The van der Waals surface area contributed by atoms with E-state index < -0.39 is 17.8 Å². The van der Waals surface area contributed by atoms with Crippen LogP contribution in [-0.4, -0.2) is 17.3 Å². The molecule has 1 atom stereocenters. The summed E-state index contributed by atoms with van der Waals surface area (Å²) in [6.07, 6.45) is 1.95. The zero-order valence-corrected chi connectivity index (χ0v) is 11.7. The number of rotatable bonds is 5. The summed E-state index contributed by atoms with van der Waals surface area (Å²) in [6.45, 7) is 0. The highest BCUT2D eigenvalue weighted by Gasteiger charge is 2.19. The van der Waals surface area contributed by atoms with Crippen LogP contribution < -0.4 is 5.32 Å². The van der Waals surface area contributed by atoms with Gasteiger partial charge in [0.1, 0.15) is 5.82 Å². The molecule has 2 aromatic rings. The largest absolute Gasteiger partial charge is 0.479 e. The van der Waals surface area contributed by atoms with Crippen LogP contribution in [0, 0.1) is 5.82 Å². The third-order valence-electron chi connectivity index (χ3n) is 2.83. The van der Waals surface area contributed by atoms with Gasteiger partial charge in [-0.25, -0.2) is 9.18 Å². The van der Waals surface area contributed by atoms with Gasteiger partial charge in [0.2, 0.25) is 0 Å². The Morgan fingerprint density at radius 3 is 2.50 bits per heavy atom. The molecular formula is C15H14FNO2S. The van der Waals surface area contributed by atoms with Crippen LogP contribution in [0.2, 0.25) is 0 Å². The van der Waals surface area contributed by atoms with Gasteiger partial charge in [-0.3, -0.25) is 0 Å². The number of anilines is 1. The zero-order chi connectivity index (χ0) is 14.5. The molecule has 0 bridgehead atoms. The third kappa shape index (κ3) is 3.51. The standard InChI is InChI=1S/C15H14FNO2S/c1-20-13-7-5-10(6-8-13)14(15(18)19)17-12-4-2-3-11(16)9-12/h2-9,14,17H,1H3,(H,18,19). The summed E-state index contributed by atoms with van der Waals surface area (Å²) in [5, 5.41) is 12.1. The Morgan fingerprint density at radius 2 is 1.95 bits per heavy atom. The van der Waals surface area contributed by atoms with Gasteiger partial charge in [0, 0.05) is 10.6 Å². The van der Waals surface area contributed by atoms with Crippen molar-refractivity contribution in [2.24, 2.45) is 0 Å². The van der Waals surface area contributed by atoms with E-state index in [0.717, 1.165) is 4.90 Å². The lowest BCUT2D eigenvalue weighted by Gasteiger charge is -2.16. The molecule has 0 aliphatic heterocycles. The minimum Gasteiger partial charge on any atom is -0.479 e. The fourth-order valence-electron chi connectivity index (χ4n) is 1.83. The number of benzene rings is 2. The van der Waals surface area contributed by atoms with Crippen LogP contribution in [-0.2, 0) is 4.79 Å². The highest BCUT2D eigenvalue weighted by molar-refractivity contribution is 7.98. The van der Waals surface area contributed by atoms with Crippen LogP contribution in [0.25, 0.3) is 0 Å². The first-order valence-corrected chi connectivity index (χ1v) is 7.21. The summed E-state index contributed by atoms with van der Waals surface area (Å²) in [6, 6.07) is 12.1. The van der Waals surface area contributed by atoms with Crippen molar-refractivity contribution < 1.29 is 14.3 Å². The fourth-order valence-corrected chi connectivity index (χ4v) is 2.24. The van der Waals surface area contributed by atoms with E-state index in [1.807, 2.05) is 18.4 Å². The molecule has 0 saturated heterocycles. The molecule has 3 nitrogen and oxygen atoms in total. The topological polar surface area (TPSA) is 49.3 Å². The Hall–Kier alpha value is -2.01. The number of nitrogens with one attached hydrogen (secondary N) is 1. The summed E-state index contributed by atoms with van der Waals surface area (Å²) < 4.78 is 13.1. The number of halogens is 1. The average Bonchev–Trinajstić information content (AvgIpc) is 2.45. The number of carboxylic acid groups (broad SMARTS) is 1. The first kappa shape index (κ1) is 14.4. The van der Waals surface area contributed by atoms with E-state index in [1.165, 1.54) is 18.2 Å². The molecule has 2 N–H and O–H groups in total. The van der Waals surface area contributed by atoms with Gasteiger partial charge < -0.3 is 10.4 Å². The molecule has 104 valence electrons. The third-order valence-corrected chi connectivity index (χ3v) is 3.58. The van der Waals surface area contributed by atoms with Crippen molar-refractivity contribution in [3.05, 3.63) is 59.9 Å². The molecule has 20 heavy (non-hydrogen) atoms. The lowest BCUT2D eigenvalue weighted by Crippen LogP contribution is -2.20. The Balaban J connectivity index is 2.24. The quantitative estimate of drug-likeness (QED) is 0.823. The molecule has 0 aromatic heterocycles. The maximum absolute atomic E-state index is 13.1. The van der Waals surface area contributed by atoms with Crippen LogP contribution in [0.15, 0.2) is 53.4 Å². The van der Waals surface area contributed by atoms with Crippen LogP contribution in [0.5, 0.6) is 0 Å². The minimum absolute atomic E-state index is 0.406. The van der Waals surface area contributed by atoms with Crippen LogP contribution in [0.1, 0.15) is 11.6 Å². The summed E-state index contributed by atoms with van der Waals surface area (Å²) in [7, 11) is 0. The van der Waals surface area contributed by atoms with Crippen molar-refractivity contribution in [2.75, 3.05) is 11.6 Å². The maximum atomic E-state index is 13.1. The second kappa shape index (κ2) is 6.43. The molecule has 0 spiro atoms. The normalized spacial score (nSPS) is 11.9. The first-order valence-electron chi connectivity index (χ1n) is 5.99. The monoisotopic (exact) mass is 291 g/mol. The predicted molar refractivity (Wildman–Crippen MR) is 78.6 cm³/mol. The van der Waals surface area contributed by atoms with Gasteiger partial charge in [-0.2, -0.15) is 0 Å². The number of thioether (sulfide) groups is 1. The Labute approximate surface area is 120 Å². The Kier molecular flexibility index (Phi) is 4.63. The van der Waals surface area contributed by atoms with Crippen LogP contribution in [0.4, 0.5) is 10.1 Å². The summed E-state index contributed by atoms with van der Waals surface area (Å²) >= 11 is 1.59. The summed E-state index contributed by atoms with van der Waals surface area (Å²) in [4.78, 5) is 12.4. The van der Waals surface area contributed by atoms with E-state index in [4.69, 9.17) is 0 Å². The molecule has 0 aliphatic carbocycles. The Bertz CT molecular complexity index is 601. The van der Waals surface area contributed by atoms with Crippen LogP contribution in [0.3, 0.4) is 0 Å². The maximum Gasteiger partial charge on any atom is 0.330 e. The average molecular weight is 291 g/mol. The fraction of sp³-hybridized carbons (Fsp3) is 0.133. The second-order valence-corrected chi connectivity index (χ2v) is 5.08. The van der Waals surface area contributed by atoms with Crippen molar-refractivity contribution in [1.82, 2.24) is 0 Å².